The predicted octanol–water partition coefficient (Wildman–Crippen LogP) is 2.66. The molecule has 0 radical (unpaired) electrons. The number of carbonyl (C=O) groups is 2. The molecule has 1 aliphatic carbocycles. The third kappa shape index (κ3) is 4.84. The normalized spacial score (nSPS) is 14.2. The first kappa shape index (κ1) is 16.5. The molecule has 1 N–H and O–H groups in total. The number of amides is 2. The van der Waals surface area contributed by atoms with Gasteiger partial charge in [0, 0.05) is 12.6 Å². The van der Waals surface area contributed by atoms with E-state index >= 15 is 0 Å². The molecule has 0 spiro atoms. The molecule has 0 aliphatic heterocycles. The Labute approximate surface area is 131 Å². The molecule has 5 nitrogen and oxygen atoms in total. The second kappa shape index (κ2) is 7.40. The second-order valence-electron chi connectivity index (χ2n) is 6.07. The molecule has 5 heteroatoms. The quantitative estimate of drug-likeness (QED) is 0.878. The zero-order valence-electron chi connectivity index (χ0n) is 13.5. The monoisotopic (exact) mass is 304 g/mol. The van der Waals surface area contributed by atoms with Gasteiger partial charge in [0.05, 0.1) is 13.7 Å². The lowest BCUT2D eigenvalue weighted by atomic mass is 10.0. The molecule has 0 aromatic heterocycles. The number of alkyl carbamates (subject to hydrolysis) is 1. The van der Waals surface area contributed by atoms with E-state index in [1.807, 2.05) is 0 Å². The highest BCUT2D eigenvalue weighted by Gasteiger charge is 2.30. The molecule has 1 aromatic carbocycles. The minimum Gasteiger partial charge on any atom is -0.453 e. The zero-order chi connectivity index (χ0) is 16.1. The second-order valence-corrected chi connectivity index (χ2v) is 6.07. The molecule has 0 unspecified atom stereocenters. The van der Waals surface area contributed by atoms with Crippen LogP contribution in [0.15, 0.2) is 24.3 Å². The van der Waals surface area contributed by atoms with Gasteiger partial charge in [-0.25, -0.2) is 4.79 Å². The molecule has 0 bridgehead atoms. The van der Waals surface area contributed by atoms with E-state index in [1.54, 1.807) is 0 Å². The van der Waals surface area contributed by atoms with Crippen molar-refractivity contribution in [1.82, 2.24) is 10.2 Å². The van der Waals surface area contributed by atoms with Crippen molar-refractivity contribution in [3.8, 4) is 0 Å². The van der Waals surface area contributed by atoms with Crippen LogP contribution in [0.25, 0.3) is 0 Å². The highest BCUT2D eigenvalue weighted by Crippen LogP contribution is 2.28. The molecule has 1 saturated carbocycles. The van der Waals surface area contributed by atoms with Crippen LogP contribution in [0.5, 0.6) is 0 Å². The summed E-state index contributed by atoms with van der Waals surface area (Å²) < 4.78 is 4.44. The van der Waals surface area contributed by atoms with Gasteiger partial charge in [-0.2, -0.15) is 0 Å². The van der Waals surface area contributed by atoms with Crippen LogP contribution in [0.1, 0.15) is 43.7 Å². The number of ether oxygens (including phenoxy) is 1. The highest BCUT2D eigenvalue weighted by molar-refractivity contribution is 5.92. The van der Waals surface area contributed by atoms with Crippen LogP contribution in [0.2, 0.25) is 0 Å². The van der Waals surface area contributed by atoms with Crippen LogP contribution in [0, 0.1) is 0 Å². The Morgan fingerprint density at radius 1 is 1.27 bits per heavy atom. The molecule has 120 valence electrons. The number of rotatable bonds is 6. The maximum atomic E-state index is 11.8. The molecule has 2 rings (SSSR count). The lowest BCUT2D eigenvalue weighted by Crippen LogP contribution is -2.40. The minimum atomic E-state index is -0.706. The summed E-state index contributed by atoms with van der Waals surface area (Å²) in [5, 5.41) is 2.21. The van der Waals surface area contributed by atoms with Crippen LogP contribution in [-0.2, 0) is 16.1 Å². The van der Waals surface area contributed by atoms with Crippen LogP contribution in [-0.4, -0.2) is 36.6 Å². The number of benzene rings is 1. The number of nitrogens with one attached hydrogen (secondary N) is 1. The summed E-state index contributed by atoms with van der Waals surface area (Å²) in [4.78, 5) is 25.0. The summed E-state index contributed by atoms with van der Waals surface area (Å²) in [6, 6.07) is 8.94. The lowest BCUT2D eigenvalue weighted by Gasteiger charge is -2.21. The third-order valence-corrected chi connectivity index (χ3v) is 3.87. The topological polar surface area (TPSA) is 58.6 Å². The third-order valence-electron chi connectivity index (χ3n) is 3.87. The van der Waals surface area contributed by atoms with Gasteiger partial charge in [0.15, 0.2) is 0 Å². The van der Waals surface area contributed by atoms with Crippen molar-refractivity contribution >= 4 is 12.0 Å². The van der Waals surface area contributed by atoms with Gasteiger partial charge in [0.1, 0.15) is 0 Å². The number of nitrogens with zero attached hydrogens (tertiary/aromatic N) is 1. The zero-order valence-corrected chi connectivity index (χ0v) is 13.5. The number of carbonyl (C=O) groups excluding carboxylic acids is 2. The molecule has 1 aliphatic rings. The standard InChI is InChI=1S/C17H24N2O3/c1-12(2)14-6-4-13(5-7-14)10-19(15-8-9-15)11-16(20)18-17(21)22-3/h4-7,12,15H,8-11H2,1-3H3,(H,18,20,21). The Morgan fingerprint density at radius 2 is 1.91 bits per heavy atom. The number of imide groups is 1. The lowest BCUT2D eigenvalue weighted by molar-refractivity contribution is -0.121. The van der Waals surface area contributed by atoms with E-state index in [2.05, 4.69) is 53.1 Å². The van der Waals surface area contributed by atoms with Crippen molar-refractivity contribution < 1.29 is 14.3 Å². The number of methoxy groups -OCH3 is 1. The van der Waals surface area contributed by atoms with Gasteiger partial charge in [-0.3, -0.25) is 15.0 Å². The SMILES string of the molecule is COC(=O)NC(=O)CN(Cc1ccc(C(C)C)cc1)C1CC1. The van der Waals surface area contributed by atoms with E-state index in [-0.39, 0.29) is 12.5 Å². The fraction of sp³-hybridized carbons (Fsp3) is 0.529. The first-order valence-corrected chi connectivity index (χ1v) is 7.70. The first-order valence-electron chi connectivity index (χ1n) is 7.70. The number of hydrogen-bond donors (Lipinski definition) is 1. The summed E-state index contributed by atoms with van der Waals surface area (Å²) in [5.74, 6) is 0.192. The molecule has 1 aromatic rings. The molecule has 0 heterocycles. The average Bonchev–Trinajstić information content (AvgIpc) is 3.31. The maximum absolute atomic E-state index is 11.8. The smallest absolute Gasteiger partial charge is 0.413 e. The Morgan fingerprint density at radius 3 is 2.41 bits per heavy atom. The molecule has 2 amide bonds. The summed E-state index contributed by atoms with van der Waals surface area (Å²) >= 11 is 0. The Hall–Kier alpha value is -1.88. The van der Waals surface area contributed by atoms with E-state index in [1.165, 1.54) is 18.2 Å². The van der Waals surface area contributed by atoms with E-state index < -0.39 is 6.09 Å². The summed E-state index contributed by atoms with van der Waals surface area (Å²) in [5.41, 5.74) is 2.49. The van der Waals surface area contributed by atoms with Crippen LogP contribution in [0.3, 0.4) is 0 Å². The molecular formula is C17H24N2O3. The van der Waals surface area contributed by atoms with E-state index in [0.29, 0.717) is 12.0 Å². The van der Waals surface area contributed by atoms with Crippen molar-refractivity contribution in [2.24, 2.45) is 0 Å². The summed E-state index contributed by atoms with van der Waals surface area (Å²) in [6.45, 7) is 5.27. The largest absolute Gasteiger partial charge is 0.453 e. The highest BCUT2D eigenvalue weighted by atomic mass is 16.5. The van der Waals surface area contributed by atoms with Gasteiger partial charge in [0.25, 0.3) is 0 Å². The molecular weight excluding hydrogens is 280 g/mol. The van der Waals surface area contributed by atoms with E-state index in [0.717, 1.165) is 19.4 Å². The molecule has 22 heavy (non-hydrogen) atoms. The van der Waals surface area contributed by atoms with Crippen LogP contribution in [0.4, 0.5) is 4.79 Å². The molecule has 1 fully saturated rings. The van der Waals surface area contributed by atoms with Crippen LogP contribution < -0.4 is 5.32 Å². The fourth-order valence-electron chi connectivity index (χ4n) is 2.39. The molecule has 0 atom stereocenters. The van der Waals surface area contributed by atoms with Crippen LogP contribution >= 0.6 is 0 Å². The van der Waals surface area contributed by atoms with Crippen molar-refractivity contribution in [3.63, 3.8) is 0 Å². The van der Waals surface area contributed by atoms with Gasteiger partial charge < -0.3 is 4.74 Å². The van der Waals surface area contributed by atoms with E-state index in [4.69, 9.17) is 0 Å². The Bertz CT molecular complexity index is 521. The predicted molar refractivity (Wildman–Crippen MR) is 84.5 cm³/mol. The molecule has 0 saturated heterocycles. The number of hydrogen-bond acceptors (Lipinski definition) is 4. The van der Waals surface area contributed by atoms with Gasteiger partial charge >= 0.3 is 6.09 Å². The first-order chi connectivity index (χ1) is 10.5. The van der Waals surface area contributed by atoms with Crippen molar-refractivity contribution in [2.75, 3.05) is 13.7 Å². The van der Waals surface area contributed by atoms with Crippen molar-refractivity contribution in [2.45, 2.75) is 45.2 Å². The summed E-state index contributed by atoms with van der Waals surface area (Å²) in [7, 11) is 1.25. The fourth-order valence-corrected chi connectivity index (χ4v) is 2.39. The Kier molecular flexibility index (Phi) is 5.55. The van der Waals surface area contributed by atoms with Gasteiger partial charge in [-0.15, -0.1) is 0 Å². The average molecular weight is 304 g/mol. The van der Waals surface area contributed by atoms with Crippen molar-refractivity contribution in [1.29, 1.82) is 0 Å². The van der Waals surface area contributed by atoms with Gasteiger partial charge in [0.2, 0.25) is 5.91 Å². The maximum Gasteiger partial charge on any atom is 0.413 e. The van der Waals surface area contributed by atoms with Gasteiger partial charge in [-0.05, 0) is 29.9 Å². The summed E-state index contributed by atoms with van der Waals surface area (Å²) in [6.07, 6.45) is 1.51. The van der Waals surface area contributed by atoms with E-state index in [9.17, 15) is 9.59 Å². The Balaban J connectivity index is 1.94. The van der Waals surface area contributed by atoms with Gasteiger partial charge in [-0.1, -0.05) is 38.1 Å². The minimum absolute atomic E-state index is 0.214. The van der Waals surface area contributed by atoms with Crippen molar-refractivity contribution in [3.05, 3.63) is 35.4 Å².